The quantitative estimate of drug-likeness (QED) is 0.437. The van der Waals surface area contributed by atoms with Crippen LogP contribution in [-0.4, -0.2) is 19.2 Å². The normalized spacial score (nSPS) is 21.4. The Bertz CT molecular complexity index is 73.8. The van der Waals surface area contributed by atoms with Crippen LogP contribution in [0.2, 0.25) is 0 Å². The molecular weight excluding hydrogens is 94.0 g/mol. The highest BCUT2D eigenvalue weighted by molar-refractivity contribution is 5.85. The van der Waals surface area contributed by atoms with Crippen molar-refractivity contribution in [1.29, 1.82) is 0 Å². The van der Waals surface area contributed by atoms with Gasteiger partial charge in [-0.1, -0.05) is 0 Å². The van der Waals surface area contributed by atoms with Crippen LogP contribution in [0.5, 0.6) is 0 Å². The van der Waals surface area contributed by atoms with E-state index in [1.165, 1.54) is 6.42 Å². The number of amides is 1. The summed E-state index contributed by atoms with van der Waals surface area (Å²) in [5.41, 5.74) is 0. The molecule has 0 aliphatic carbocycles. The van der Waals surface area contributed by atoms with Gasteiger partial charge in [0.2, 0.25) is 5.91 Å². The molecule has 1 saturated heterocycles. The van der Waals surface area contributed by atoms with Crippen molar-refractivity contribution in [3.8, 4) is 0 Å². The molecule has 1 radical (unpaired) electrons. The first-order valence-electron chi connectivity index (χ1n) is 2.08. The number of nitrogens with one attached hydrogen (secondary N) is 1. The second-order valence-electron chi connectivity index (χ2n) is 1.26. The van der Waals surface area contributed by atoms with Gasteiger partial charge in [0.05, 0.1) is 13.0 Å². The summed E-state index contributed by atoms with van der Waals surface area (Å²) in [7, 11) is 0. The molecule has 39 valence electrons. The van der Waals surface area contributed by atoms with E-state index in [9.17, 15) is 4.79 Å². The number of ether oxygens (including phenoxy) is 1. The highest BCUT2D eigenvalue weighted by Gasteiger charge is 2.04. The molecule has 3 nitrogen and oxygen atoms in total. The van der Waals surface area contributed by atoms with Crippen LogP contribution in [0.3, 0.4) is 0 Å². The standard InChI is InChI=1S/C4H6NO2/c6-4-1-2-7-3-5-4/h1H,2-3H2,(H,5,6). The van der Waals surface area contributed by atoms with Gasteiger partial charge >= 0.3 is 0 Å². The van der Waals surface area contributed by atoms with Gasteiger partial charge in [0, 0.05) is 0 Å². The Morgan fingerprint density at radius 3 is 3.00 bits per heavy atom. The van der Waals surface area contributed by atoms with Crippen molar-refractivity contribution in [3.05, 3.63) is 6.42 Å². The van der Waals surface area contributed by atoms with Crippen LogP contribution in [0.15, 0.2) is 0 Å². The predicted octanol–water partition coefficient (Wildman–Crippen LogP) is -0.705. The summed E-state index contributed by atoms with van der Waals surface area (Å²) in [5, 5.41) is 2.47. The Labute approximate surface area is 41.7 Å². The molecule has 0 aromatic carbocycles. The zero-order chi connectivity index (χ0) is 5.11. The first kappa shape index (κ1) is 4.59. The average molecular weight is 100 g/mol. The van der Waals surface area contributed by atoms with Crippen molar-refractivity contribution in [2.24, 2.45) is 0 Å². The summed E-state index contributed by atoms with van der Waals surface area (Å²) >= 11 is 0. The molecule has 1 aliphatic rings. The van der Waals surface area contributed by atoms with Crippen LogP contribution in [-0.2, 0) is 9.53 Å². The average Bonchev–Trinajstić information content (AvgIpc) is 1.69. The molecule has 1 N–H and O–H groups in total. The Hall–Kier alpha value is -0.570. The van der Waals surface area contributed by atoms with Crippen molar-refractivity contribution in [3.63, 3.8) is 0 Å². The van der Waals surface area contributed by atoms with Crippen LogP contribution in [0.25, 0.3) is 0 Å². The van der Waals surface area contributed by atoms with Crippen LogP contribution in [0.1, 0.15) is 0 Å². The van der Waals surface area contributed by atoms with E-state index >= 15 is 0 Å². The zero-order valence-corrected chi connectivity index (χ0v) is 3.81. The lowest BCUT2D eigenvalue weighted by Gasteiger charge is -2.10. The molecule has 0 bridgehead atoms. The second kappa shape index (κ2) is 1.93. The Balaban J connectivity index is 2.25. The fourth-order valence-electron chi connectivity index (χ4n) is 0.388. The fraction of sp³-hybridized carbons (Fsp3) is 0.500. The summed E-state index contributed by atoms with van der Waals surface area (Å²) in [6, 6.07) is 0. The van der Waals surface area contributed by atoms with E-state index in [-0.39, 0.29) is 5.91 Å². The van der Waals surface area contributed by atoms with Crippen LogP contribution >= 0.6 is 0 Å². The Morgan fingerprint density at radius 2 is 2.71 bits per heavy atom. The van der Waals surface area contributed by atoms with Crippen molar-refractivity contribution in [2.75, 3.05) is 13.3 Å². The molecule has 1 amide bonds. The largest absolute Gasteiger partial charge is 0.360 e. The SMILES string of the molecule is O=C1[CH]COCN1. The molecule has 0 saturated carbocycles. The summed E-state index contributed by atoms with van der Waals surface area (Å²) < 4.78 is 4.75. The van der Waals surface area contributed by atoms with Crippen LogP contribution < -0.4 is 5.32 Å². The topological polar surface area (TPSA) is 38.3 Å². The molecule has 1 fully saturated rings. The monoisotopic (exact) mass is 100 g/mol. The molecule has 0 spiro atoms. The molecule has 0 atom stereocenters. The lowest BCUT2D eigenvalue weighted by molar-refractivity contribution is -0.122. The maximum Gasteiger partial charge on any atom is 0.228 e. The van der Waals surface area contributed by atoms with Crippen molar-refractivity contribution in [2.45, 2.75) is 0 Å². The molecular formula is C4H6NO2. The third-order valence-electron chi connectivity index (χ3n) is 0.735. The van der Waals surface area contributed by atoms with Crippen molar-refractivity contribution in [1.82, 2.24) is 5.32 Å². The molecule has 1 heterocycles. The van der Waals surface area contributed by atoms with E-state index in [0.717, 1.165) is 0 Å². The lowest BCUT2D eigenvalue weighted by atomic mass is 10.4. The fourth-order valence-corrected chi connectivity index (χ4v) is 0.388. The Kier molecular flexibility index (Phi) is 1.26. The molecule has 0 unspecified atom stereocenters. The smallest absolute Gasteiger partial charge is 0.228 e. The maximum atomic E-state index is 10.2. The van der Waals surface area contributed by atoms with Gasteiger partial charge in [0.1, 0.15) is 6.73 Å². The molecule has 0 aromatic heterocycles. The number of rotatable bonds is 0. The van der Waals surface area contributed by atoms with Gasteiger partial charge in [0.15, 0.2) is 0 Å². The highest BCUT2D eigenvalue weighted by atomic mass is 16.5. The summed E-state index contributed by atoms with van der Waals surface area (Å²) in [6.07, 6.45) is 1.46. The zero-order valence-electron chi connectivity index (χ0n) is 3.81. The molecule has 0 aromatic rings. The molecule has 3 heteroatoms. The summed E-state index contributed by atoms with van der Waals surface area (Å²) in [5.74, 6) is -0.0359. The summed E-state index contributed by atoms with van der Waals surface area (Å²) in [4.78, 5) is 10.2. The third kappa shape index (κ3) is 1.16. The van der Waals surface area contributed by atoms with Crippen LogP contribution in [0.4, 0.5) is 0 Å². The third-order valence-corrected chi connectivity index (χ3v) is 0.735. The van der Waals surface area contributed by atoms with E-state index in [1.54, 1.807) is 0 Å². The highest BCUT2D eigenvalue weighted by Crippen LogP contribution is 1.85. The van der Waals surface area contributed by atoms with E-state index < -0.39 is 0 Å². The van der Waals surface area contributed by atoms with Crippen LogP contribution in [0, 0.1) is 6.42 Å². The van der Waals surface area contributed by atoms with E-state index in [0.29, 0.717) is 13.3 Å². The Morgan fingerprint density at radius 1 is 1.86 bits per heavy atom. The number of carbonyl (C=O) groups excluding carboxylic acids is 1. The van der Waals surface area contributed by atoms with Gasteiger partial charge in [0.25, 0.3) is 0 Å². The lowest BCUT2D eigenvalue weighted by Crippen LogP contribution is -2.32. The summed E-state index contributed by atoms with van der Waals surface area (Å²) in [6.45, 7) is 0.807. The van der Waals surface area contributed by atoms with E-state index in [2.05, 4.69) is 5.32 Å². The maximum absolute atomic E-state index is 10.2. The van der Waals surface area contributed by atoms with Gasteiger partial charge in [-0.2, -0.15) is 0 Å². The van der Waals surface area contributed by atoms with Crippen molar-refractivity contribution < 1.29 is 9.53 Å². The number of carbonyl (C=O) groups is 1. The first-order valence-corrected chi connectivity index (χ1v) is 2.08. The first-order chi connectivity index (χ1) is 3.39. The van der Waals surface area contributed by atoms with Gasteiger partial charge in [-0.05, 0) is 0 Å². The van der Waals surface area contributed by atoms with Gasteiger partial charge in [-0.3, -0.25) is 4.79 Å². The molecule has 7 heavy (non-hydrogen) atoms. The second-order valence-corrected chi connectivity index (χ2v) is 1.26. The minimum atomic E-state index is -0.0359. The van der Waals surface area contributed by atoms with Gasteiger partial charge in [-0.25, -0.2) is 0 Å². The minimum absolute atomic E-state index is 0.0359. The van der Waals surface area contributed by atoms with E-state index in [1.807, 2.05) is 0 Å². The van der Waals surface area contributed by atoms with Crippen molar-refractivity contribution >= 4 is 5.91 Å². The molecule has 1 rings (SSSR count). The van der Waals surface area contributed by atoms with Gasteiger partial charge < -0.3 is 10.1 Å². The van der Waals surface area contributed by atoms with Gasteiger partial charge in [-0.15, -0.1) is 0 Å². The predicted molar refractivity (Wildman–Crippen MR) is 23.3 cm³/mol. The minimum Gasteiger partial charge on any atom is -0.360 e. The van der Waals surface area contributed by atoms with E-state index in [4.69, 9.17) is 4.74 Å². The molecule has 1 aliphatic heterocycles. The number of hydrogen-bond donors (Lipinski definition) is 1. The number of hydrogen-bond acceptors (Lipinski definition) is 2.